The summed E-state index contributed by atoms with van der Waals surface area (Å²) in [5, 5.41) is 10.2. The first-order chi connectivity index (χ1) is 10.1. The Hall–Kier alpha value is -0.270. The number of fused-ring (bicyclic) bond motifs is 1. The Kier molecular flexibility index (Phi) is 5.50. The van der Waals surface area contributed by atoms with Crippen LogP contribution in [0, 0.1) is 17.3 Å². The fraction of sp³-hybridized carbons (Fsp3) is 0.800. The van der Waals surface area contributed by atoms with Crippen LogP contribution in [0.5, 0.6) is 0 Å². The van der Waals surface area contributed by atoms with E-state index in [2.05, 4.69) is 26.5 Å². The lowest BCUT2D eigenvalue weighted by molar-refractivity contribution is -0.0336. The van der Waals surface area contributed by atoms with Crippen LogP contribution in [0.1, 0.15) is 72.6 Å². The molecule has 1 fully saturated rings. The van der Waals surface area contributed by atoms with E-state index in [0.29, 0.717) is 11.3 Å². The van der Waals surface area contributed by atoms with Crippen molar-refractivity contribution >= 4 is 11.6 Å². The van der Waals surface area contributed by atoms with Crippen molar-refractivity contribution in [2.75, 3.05) is 0 Å². The molecule has 0 amide bonds. The van der Waals surface area contributed by atoms with E-state index in [1.54, 1.807) is 0 Å². The third-order valence-corrected chi connectivity index (χ3v) is 6.43. The first-order valence-electron chi connectivity index (χ1n) is 8.84. The van der Waals surface area contributed by atoms with Gasteiger partial charge in [0, 0.05) is 0 Å². The average molecular weight is 325 g/mol. The Morgan fingerprint density at radius 1 is 1.45 bits per heavy atom. The summed E-state index contributed by atoms with van der Waals surface area (Å²) in [5.74, 6) is 1.43. The van der Waals surface area contributed by atoms with Crippen molar-refractivity contribution in [2.45, 2.75) is 83.6 Å². The topological polar surface area (TPSA) is 20.2 Å². The highest BCUT2D eigenvalue weighted by Gasteiger charge is 2.50. The molecule has 2 unspecified atom stereocenters. The Bertz CT molecular complexity index is 445. The smallest absolute Gasteiger partial charge is 0.0726 e. The van der Waals surface area contributed by atoms with Gasteiger partial charge >= 0.3 is 0 Å². The second-order valence-electron chi connectivity index (χ2n) is 8.48. The van der Waals surface area contributed by atoms with E-state index in [-0.39, 0.29) is 0 Å². The van der Waals surface area contributed by atoms with Gasteiger partial charge in [0.25, 0.3) is 0 Å². The number of alkyl halides is 1. The summed E-state index contributed by atoms with van der Waals surface area (Å²) in [4.78, 5) is -0.527. The van der Waals surface area contributed by atoms with Crippen LogP contribution in [0.25, 0.3) is 0 Å². The quantitative estimate of drug-likeness (QED) is 0.507. The maximum Gasteiger partial charge on any atom is 0.0726 e. The molecular formula is C20H33ClO. The molecule has 0 aliphatic heterocycles. The van der Waals surface area contributed by atoms with Crippen LogP contribution >= 0.6 is 11.6 Å². The Labute approximate surface area is 141 Å². The molecule has 0 radical (unpaired) electrons. The zero-order valence-electron chi connectivity index (χ0n) is 14.8. The summed E-state index contributed by atoms with van der Waals surface area (Å²) in [6, 6.07) is 0. The number of aliphatic hydroxyl groups excluding tert-OH is 1. The molecule has 0 saturated heterocycles. The van der Waals surface area contributed by atoms with Gasteiger partial charge in [-0.05, 0) is 83.0 Å². The molecule has 0 aromatic carbocycles. The number of hydrogen-bond acceptors (Lipinski definition) is 1. The number of halogens is 1. The van der Waals surface area contributed by atoms with Crippen LogP contribution in [0.4, 0.5) is 0 Å². The molecule has 1 N–H and O–H groups in total. The number of aliphatic hydroxyl groups is 1. The number of hydrogen-bond donors (Lipinski definition) is 1. The van der Waals surface area contributed by atoms with Gasteiger partial charge in [0.15, 0.2) is 0 Å². The minimum Gasteiger partial charge on any atom is -0.391 e. The zero-order valence-corrected chi connectivity index (χ0v) is 15.5. The fourth-order valence-electron chi connectivity index (χ4n) is 4.37. The van der Waals surface area contributed by atoms with Gasteiger partial charge in [-0.3, -0.25) is 0 Å². The van der Waals surface area contributed by atoms with Gasteiger partial charge < -0.3 is 5.11 Å². The average Bonchev–Trinajstić information content (AvgIpc) is 2.45. The molecule has 2 aliphatic rings. The third-order valence-electron chi connectivity index (χ3n) is 6.18. The molecule has 22 heavy (non-hydrogen) atoms. The van der Waals surface area contributed by atoms with E-state index in [9.17, 15) is 5.11 Å². The second-order valence-corrected chi connectivity index (χ2v) is 9.45. The third kappa shape index (κ3) is 3.97. The van der Waals surface area contributed by atoms with Crippen molar-refractivity contribution in [3.05, 3.63) is 23.8 Å². The van der Waals surface area contributed by atoms with Crippen molar-refractivity contribution in [1.29, 1.82) is 0 Å². The Morgan fingerprint density at radius 3 is 2.77 bits per heavy atom. The minimum absolute atomic E-state index is 0.349. The highest BCUT2D eigenvalue weighted by atomic mass is 35.5. The Morgan fingerprint density at radius 2 is 2.14 bits per heavy atom. The molecule has 4 atom stereocenters. The van der Waals surface area contributed by atoms with E-state index >= 15 is 0 Å². The van der Waals surface area contributed by atoms with Crippen molar-refractivity contribution < 1.29 is 5.11 Å². The molecule has 0 heterocycles. The second kappa shape index (κ2) is 6.69. The summed E-state index contributed by atoms with van der Waals surface area (Å²) >= 11 is 6.25. The van der Waals surface area contributed by atoms with Crippen LogP contribution in [-0.4, -0.2) is 16.1 Å². The SMILES string of the molecule is C=C1CC/C=C(\C)CC[C@@H]2[C@@H]1CC2(C)CCC(O)C(C)(C)Cl. The van der Waals surface area contributed by atoms with Gasteiger partial charge in [-0.2, -0.15) is 0 Å². The van der Waals surface area contributed by atoms with E-state index in [4.69, 9.17) is 11.6 Å². The highest BCUT2D eigenvalue weighted by Crippen LogP contribution is 2.59. The van der Waals surface area contributed by atoms with E-state index in [0.717, 1.165) is 31.6 Å². The molecule has 2 heteroatoms. The lowest BCUT2D eigenvalue weighted by Crippen LogP contribution is -2.47. The van der Waals surface area contributed by atoms with Crippen LogP contribution in [0.2, 0.25) is 0 Å². The minimum atomic E-state index is -0.527. The van der Waals surface area contributed by atoms with Crippen molar-refractivity contribution in [2.24, 2.45) is 17.3 Å². The number of rotatable bonds is 4. The summed E-state index contributed by atoms with van der Waals surface area (Å²) in [7, 11) is 0. The normalized spacial score (nSPS) is 37.0. The first-order valence-corrected chi connectivity index (χ1v) is 9.21. The molecule has 126 valence electrons. The molecule has 0 spiro atoms. The van der Waals surface area contributed by atoms with Gasteiger partial charge in [0.2, 0.25) is 0 Å². The van der Waals surface area contributed by atoms with Gasteiger partial charge in [-0.15, -0.1) is 11.6 Å². The maximum absolute atomic E-state index is 10.2. The van der Waals surface area contributed by atoms with Gasteiger partial charge in [0.1, 0.15) is 0 Å². The standard InChI is InChI=1S/C20H33ClO/c1-14-7-6-8-15(2)16-13-20(5,17(16)10-9-14)12-11-18(22)19(3,4)21/h7,16-18,22H,2,6,8-13H2,1,3-5H3/b14-7+/t16-,17-,18?,20?/m1/s1. The summed E-state index contributed by atoms with van der Waals surface area (Å²) in [5.41, 5.74) is 3.33. The van der Waals surface area contributed by atoms with Crippen LogP contribution in [0.15, 0.2) is 23.8 Å². The molecule has 0 aromatic rings. The predicted molar refractivity (Wildman–Crippen MR) is 96.2 cm³/mol. The first kappa shape index (κ1) is 18.1. The molecule has 0 bridgehead atoms. The Balaban J connectivity index is 2.00. The number of allylic oxidation sites excluding steroid dienone is 3. The van der Waals surface area contributed by atoms with E-state index in [1.807, 2.05) is 13.8 Å². The summed E-state index contributed by atoms with van der Waals surface area (Å²) < 4.78 is 0. The van der Waals surface area contributed by atoms with E-state index < -0.39 is 11.0 Å². The van der Waals surface area contributed by atoms with Crippen LogP contribution in [0.3, 0.4) is 0 Å². The summed E-state index contributed by atoms with van der Waals surface area (Å²) in [6.45, 7) is 12.8. The molecule has 2 aliphatic carbocycles. The van der Waals surface area contributed by atoms with Gasteiger partial charge in [-0.1, -0.05) is 30.7 Å². The molecular weight excluding hydrogens is 292 g/mol. The summed E-state index contributed by atoms with van der Waals surface area (Å²) in [6.07, 6.45) is 9.87. The molecule has 1 nitrogen and oxygen atoms in total. The van der Waals surface area contributed by atoms with Crippen molar-refractivity contribution in [3.8, 4) is 0 Å². The largest absolute Gasteiger partial charge is 0.391 e. The highest BCUT2D eigenvalue weighted by molar-refractivity contribution is 6.23. The zero-order chi connectivity index (χ0) is 16.5. The fourth-order valence-corrected chi connectivity index (χ4v) is 4.48. The van der Waals surface area contributed by atoms with Crippen LogP contribution < -0.4 is 0 Å². The lowest BCUT2D eigenvalue weighted by atomic mass is 9.49. The maximum atomic E-state index is 10.2. The van der Waals surface area contributed by atoms with Crippen molar-refractivity contribution in [3.63, 3.8) is 0 Å². The molecule has 1 saturated carbocycles. The van der Waals surface area contributed by atoms with Gasteiger partial charge in [-0.25, -0.2) is 0 Å². The van der Waals surface area contributed by atoms with Crippen LogP contribution in [-0.2, 0) is 0 Å². The predicted octanol–water partition coefficient (Wildman–Crippen LogP) is 5.86. The molecule has 0 aromatic heterocycles. The van der Waals surface area contributed by atoms with E-state index in [1.165, 1.54) is 30.4 Å². The van der Waals surface area contributed by atoms with Gasteiger partial charge in [0.05, 0.1) is 11.0 Å². The van der Waals surface area contributed by atoms with Crippen molar-refractivity contribution in [1.82, 2.24) is 0 Å². The molecule has 2 rings (SSSR count). The lowest BCUT2D eigenvalue weighted by Gasteiger charge is -2.55. The monoisotopic (exact) mass is 324 g/mol.